The first-order chi connectivity index (χ1) is 18.2. The number of nitrogens with zero attached hydrogens (tertiary/aromatic N) is 2. The van der Waals surface area contributed by atoms with E-state index in [0.717, 1.165) is 12.1 Å². The fraction of sp³-hybridized carbons (Fsp3) is 0.320. The van der Waals surface area contributed by atoms with E-state index in [4.69, 9.17) is 19.3 Å². The van der Waals surface area contributed by atoms with E-state index in [1.165, 1.54) is 4.57 Å². The van der Waals surface area contributed by atoms with Gasteiger partial charge in [0, 0.05) is 28.6 Å². The van der Waals surface area contributed by atoms with Gasteiger partial charge >= 0.3 is 14.0 Å². The summed E-state index contributed by atoms with van der Waals surface area (Å²) in [5.41, 5.74) is 0.820. The number of ether oxygens (including phenoxy) is 2. The molecule has 3 aromatic rings. The molecule has 1 atom stereocenters. The zero-order valence-electron chi connectivity index (χ0n) is 21.1. The molecule has 0 saturated carbocycles. The molecule has 0 amide bonds. The first-order valence-corrected chi connectivity index (χ1v) is 13.5. The van der Waals surface area contributed by atoms with Crippen LogP contribution >= 0.6 is 7.82 Å². The summed E-state index contributed by atoms with van der Waals surface area (Å²) in [6.45, 7) is 9.36. The number of aromatic nitrogens is 2. The van der Waals surface area contributed by atoms with Gasteiger partial charge in [-0.05, 0) is 32.4 Å². The highest BCUT2D eigenvalue weighted by Gasteiger charge is 2.41. The minimum Gasteiger partial charge on any atom is -0.490 e. The zero-order valence-corrected chi connectivity index (χ0v) is 22.0. The highest BCUT2D eigenvalue weighted by molar-refractivity contribution is 7.46. The van der Waals surface area contributed by atoms with Crippen molar-refractivity contribution >= 4 is 30.6 Å². The highest BCUT2D eigenvalue weighted by Crippen LogP contribution is 2.45. The average Bonchev–Trinajstić information content (AvgIpc) is 3.20. The molecule has 0 aliphatic carbocycles. The molecule has 39 heavy (non-hydrogen) atoms. The number of phosphoric ester groups is 1. The average molecular weight is 561 g/mol. The lowest BCUT2D eigenvalue weighted by Gasteiger charge is -2.35. The predicted octanol–water partition coefficient (Wildman–Crippen LogP) is 3.63. The van der Waals surface area contributed by atoms with Crippen LogP contribution in [0.3, 0.4) is 0 Å². The minimum absolute atomic E-state index is 0.0466. The summed E-state index contributed by atoms with van der Waals surface area (Å²) < 4.78 is 41.5. The van der Waals surface area contributed by atoms with Gasteiger partial charge in [-0.1, -0.05) is 13.5 Å². The molecule has 4 heterocycles. The van der Waals surface area contributed by atoms with Crippen LogP contribution < -0.4 is 15.6 Å². The van der Waals surface area contributed by atoms with E-state index < -0.39 is 31.1 Å². The first kappa shape index (κ1) is 26.8. The predicted molar refractivity (Wildman–Crippen MR) is 137 cm³/mol. The van der Waals surface area contributed by atoms with Gasteiger partial charge in [0.2, 0.25) is 0 Å². The van der Waals surface area contributed by atoms with Crippen molar-refractivity contribution in [1.82, 2.24) is 9.55 Å². The summed E-state index contributed by atoms with van der Waals surface area (Å²) in [5.74, 6) is -1.54. The van der Waals surface area contributed by atoms with Crippen LogP contribution in [0.4, 0.5) is 14.9 Å². The van der Waals surface area contributed by atoms with Gasteiger partial charge in [-0.3, -0.25) is 14.6 Å². The molecule has 5 rings (SSSR count). The normalized spacial score (nSPS) is 17.9. The van der Waals surface area contributed by atoms with Crippen molar-refractivity contribution in [2.24, 2.45) is 0 Å². The number of benzene rings is 1. The topological polar surface area (TPSA) is 169 Å². The van der Waals surface area contributed by atoms with Crippen molar-refractivity contribution in [3.63, 3.8) is 0 Å². The number of halogens is 1. The molecule has 206 valence electrons. The SMILES string of the molecule is C=C1OCc2c(cc3n(c2=O)Cc2c-3nc3cc(F)c(OC(=O)OP(=O)(O)O)cc3c2NC(C)C)[C@@]1(O)CC. The third-order valence-electron chi connectivity index (χ3n) is 6.73. The Morgan fingerprint density at radius 1 is 1.33 bits per heavy atom. The Morgan fingerprint density at radius 2 is 2.05 bits per heavy atom. The van der Waals surface area contributed by atoms with Crippen molar-refractivity contribution in [3.05, 3.63) is 63.4 Å². The lowest BCUT2D eigenvalue weighted by molar-refractivity contribution is -0.0172. The van der Waals surface area contributed by atoms with Gasteiger partial charge in [0.1, 0.15) is 18.0 Å². The highest BCUT2D eigenvalue weighted by atomic mass is 31.2. The molecule has 0 bridgehead atoms. The van der Waals surface area contributed by atoms with Gasteiger partial charge in [-0.25, -0.2) is 18.7 Å². The Kier molecular flexibility index (Phi) is 6.30. The third kappa shape index (κ3) is 4.47. The van der Waals surface area contributed by atoms with Gasteiger partial charge in [-0.2, -0.15) is 0 Å². The number of aliphatic hydroxyl groups is 1. The molecule has 2 aliphatic heterocycles. The molecule has 12 nitrogen and oxygen atoms in total. The molecule has 0 unspecified atom stereocenters. The standard InChI is InChI=1S/C25H25FN3O9P/c1-5-25(32)12(4)36-10-15-16(25)7-19-22-14(9-29(19)23(15)30)21(27-11(2)3)13-6-20(17(26)8-18(13)28-22)37-24(31)38-39(33,34)35/h6-8,11,32H,4-5,9-10H2,1-3H3,(H,27,28)(H2,33,34,35)/t25-/m1/s1. The molecule has 0 spiro atoms. The Hall–Kier alpha value is -3.77. The lowest BCUT2D eigenvalue weighted by atomic mass is 9.84. The Morgan fingerprint density at radius 3 is 2.69 bits per heavy atom. The van der Waals surface area contributed by atoms with Crippen molar-refractivity contribution in [2.45, 2.75) is 52.0 Å². The van der Waals surface area contributed by atoms with Gasteiger partial charge in [0.25, 0.3) is 5.56 Å². The second kappa shape index (κ2) is 9.16. The number of anilines is 1. The number of hydrogen-bond donors (Lipinski definition) is 4. The van der Waals surface area contributed by atoms with E-state index >= 15 is 0 Å². The van der Waals surface area contributed by atoms with Crippen molar-refractivity contribution in [3.8, 4) is 17.1 Å². The van der Waals surface area contributed by atoms with Crippen LogP contribution in [-0.4, -0.2) is 36.6 Å². The molecule has 0 radical (unpaired) electrons. The van der Waals surface area contributed by atoms with Crippen LogP contribution in [0, 0.1) is 5.82 Å². The van der Waals surface area contributed by atoms with Crippen LogP contribution in [0.2, 0.25) is 0 Å². The maximum Gasteiger partial charge on any atom is 0.529 e. The number of carbonyl (C=O) groups is 1. The summed E-state index contributed by atoms with van der Waals surface area (Å²) >= 11 is 0. The van der Waals surface area contributed by atoms with E-state index in [0.29, 0.717) is 39.2 Å². The fourth-order valence-corrected chi connectivity index (χ4v) is 5.16. The number of fused-ring (bicyclic) bond motifs is 5. The Labute approximate surface area is 220 Å². The first-order valence-electron chi connectivity index (χ1n) is 11.9. The molecule has 1 aromatic carbocycles. The number of pyridine rings is 2. The summed E-state index contributed by atoms with van der Waals surface area (Å²) in [5, 5.41) is 14.9. The van der Waals surface area contributed by atoms with E-state index in [1.54, 1.807) is 13.0 Å². The summed E-state index contributed by atoms with van der Waals surface area (Å²) in [7, 11) is -5.21. The number of nitrogens with one attached hydrogen (secondary N) is 1. The molecular weight excluding hydrogens is 536 g/mol. The number of hydrogen-bond acceptors (Lipinski definition) is 9. The van der Waals surface area contributed by atoms with Gasteiger partial charge < -0.3 is 29.0 Å². The second-order valence-electron chi connectivity index (χ2n) is 9.59. The van der Waals surface area contributed by atoms with Crippen LogP contribution in [-0.2, 0) is 32.6 Å². The maximum atomic E-state index is 14.9. The fourth-order valence-electron chi connectivity index (χ4n) is 4.93. The van der Waals surface area contributed by atoms with Crippen molar-refractivity contribution in [2.75, 3.05) is 5.32 Å². The number of phosphoric acid groups is 1. The monoisotopic (exact) mass is 561 g/mol. The number of carbonyl (C=O) groups excluding carboxylic acids is 1. The molecular formula is C25H25FN3O9P. The molecule has 0 saturated heterocycles. The quantitative estimate of drug-likeness (QED) is 0.159. The largest absolute Gasteiger partial charge is 0.529 e. The maximum absolute atomic E-state index is 14.9. The van der Waals surface area contributed by atoms with E-state index in [1.807, 2.05) is 13.8 Å². The zero-order chi connectivity index (χ0) is 28.4. The molecule has 4 N–H and O–H groups in total. The molecule has 2 aromatic heterocycles. The molecule has 14 heteroatoms. The van der Waals surface area contributed by atoms with Gasteiger partial charge in [0.15, 0.2) is 11.6 Å². The molecule has 0 fully saturated rings. The molecule has 2 aliphatic rings. The third-order valence-corrected chi connectivity index (χ3v) is 7.11. The Bertz CT molecular complexity index is 1680. The summed E-state index contributed by atoms with van der Waals surface area (Å²) in [4.78, 5) is 47.6. The number of rotatable bonds is 5. The van der Waals surface area contributed by atoms with E-state index in [-0.39, 0.29) is 42.4 Å². The lowest BCUT2D eigenvalue weighted by Crippen LogP contribution is -2.38. The summed E-state index contributed by atoms with van der Waals surface area (Å²) in [6.07, 6.45) is -1.57. The van der Waals surface area contributed by atoms with Crippen LogP contribution in [0.15, 0.2) is 35.3 Å². The van der Waals surface area contributed by atoms with E-state index in [9.17, 15) is 23.7 Å². The van der Waals surface area contributed by atoms with Crippen LogP contribution in [0.1, 0.15) is 43.9 Å². The van der Waals surface area contributed by atoms with Gasteiger partial charge in [-0.15, -0.1) is 0 Å². The Balaban J connectivity index is 1.71. The van der Waals surface area contributed by atoms with Crippen molar-refractivity contribution in [1.29, 1.82) is 0 Å². The minimum atomic E-state index is -5.21. The smallest absolute Gasteiger partial charge is 0.490 e. The van der Waals surface area contributed by atoms with Crippen LogP contribution in [0.5, 0.6) is 5.75 Å². The van der Waals surface area contributed by atoms with Crippen LogP contribution in [0.25, 0.3) is 22.3 Å². The van der Waals surface area contributed by atoms with Gasteiger partial charge in [0.05, 0.1) is 34.7 Å². The van der Waals surface area contributed by atoms with Crippen molar-refractivity contribution < 1.29 is 42.6 Å². The second-order valence-corrected chi connectivity index (χ2v) is 10.7. The summed E-state index contributed by atoms with van der Waals surface area (Å²) in [6, 6.07) is 3.72. The van der Waals surface area contributed by atoms with E-state index in [2.05, 4.69) is 21.4 Å².